The highest BCUT2D eigenvalue weighted by Gasteiger charge is 2.25. The Hall–Kier alpha value is -2.88. The Morgan fingerprint density at radius 1 is 1.09 bits per heavy atom. The van der Waals surface area contributed by atoms with Gasteiger partial charge in [-0.3, -0.25) is 4.79 Å². The molecule has 1 amide bonds. The fourth-order valence-electron chi connectivity index (χ4n) is 3.03. The standard InChI is InChI=1S/C19H17NO3/c1-10-6-11(2)14(12(3)7-10)9-16-15-8-13(19(22)23)4-5-17(15)20-18(16)21/h4-9H,1-3H3,(H,20,21)(H,22,23)/b16-9+. The third-order valence-corrected chi connectivity index (χ3v) is 4.08. The summed E-state index contributed by atoms with van der Waals surface area (Å²) < 4.78 is 0. The quantitative estimate of drug-likeness (QED) is 0.829. The summed E-state index contributed by atoms with van der Waals surface area (Å²) in [5.74, 6) is -1.21. The predicted molar refractivity (Wildman–Crippen MR) is 90.6 cm³/mol. The summed E-state index contributed by atoms with van der Waals surface area (Å²) in [7, 11) is 0. The maximum atomic E-state index is 12.3. The van der Waals surface area contributed by atoms with Gasteiger partial charge in [-0.05, 0) is 61.7 Å². The zero-order valence-electron chi connectivity index (χ0n) is 13.2. The van der Waals surface area contributed by atoms with Gasteiger partial charge in [0.1, 0.15) is 0 Å². The van der Waals surface area contributed by atoms with E-state index in [2.05, 4.69) is 17.4 Å². The van der Waals surface area contributed by atoms with E-state index in [0.717, 1.165) is 16.7 Å². The van der Waals surface area contributed by atoms with Crippen molar-refractivity contribution < 1.29 is 14.7 Å². The lowest BCUT2D eigenvalue weighted by Crippen LogP contribution is -2.04. The van der Waals surface area contributed by atoms with Gasteiger partial charge < -0.3 is 10.4 Å². The molecule has 3 rings (SSSR count). The molecule has 4 heteroatoms. The second-order valence-electron chi connectivity index (χ2n) is 5.89. The summed E-state index contributed by atoms with van der Waals surface area (Å²) in [6, 6.07) is 8.81. The summed E-state index contributed by atoms with van der Waals surface area (Å²) in [6.07, 6.45) is 1.84. The van der Waals surface area contributed by atoms with Gasteiger partial charge in [-0.15, -0.1) is 0 Å². The van der Waals surface area contributed by atoms with Crippen molar-refractivity contribution in [3.8, 4) is 0 Å². The van der Waals surface area contributed by atoms with Gasteiger partial charge in [-0.2, -0.15) is 0 Å². The first-order valence-corrected chi connectivity index (χ1v) is 7.35. The van der Waals surface area contributed by atoms with Crippen LogP contribution in [0.5, 0.6) is 0 Å². The second-order valence-corrected chi connectivity index (χ2v) is 5.89. The molecule has 0 aliphatic carbocycles. The number of aryl methyl sites for hydroxylation is 3. The zero-order valence-corrected chi connectivity index (χ0v) is 13.2. The number of hydrogen-bond donors (Lipinski definition) is 2. The largest absolute Gasteiger partial charge is 0.478 e. The lowest BCUT2D eigenvalue weighted by Gasteiger charge is -2.08. The Morgan fingerprint density at radius 3 is 2.35 bits per heavy atom. The Bertz CT molecular complexity index is 855. The van der Waals surface area contributed by atoms with Crippen molar-refractivity contribution in [3.63, 3.8) is 0 Å². The van der Waals surface area contributed by atoms with Gasteiger partial charge in [0.05, 0.1) is 5.56 Å². The molecule has 1 heterocycles. The van der Waals surface area contributed by atoms with E-state index in [1.807, 2.05) is 26.8 Å². The molecule has 4 nitrogen and oxygen atoms in total. The van der Waals surface area contributed by atoms with Gasteiger partial charge in [0.2, 0.25) is 0 Å². The molecule has 116 valence electrons. The first kappa shape index (κ1) is 15.0. The molecule has 0 aromatic heterocycles. The van der Waals surface area contributed by atoms with Crippen molar-refractivity contribution in [2.75, 3.05) is 5.32 Å². The van der Waals surface area contributed by atoms with Gasteiger partial charge >= 0.3 is 5.97 Å². The van der Waals surface area contributed by atoms with Crippen LogP contribution in [-0.4, -0.2) is 17.0 Å². The van der Waals surface area contributed by atoms with Crippen molar-refractivity contribution in [3.05, 3.63) is 63.7 Å². The fraction of sp³-hybridized carbons (Fsp3) is 0.158. The number of carbonyl (C=O) groups excluding carboxylic acids is 1. The van der Waals surface area contributed by atoms with Crippen molar-refractivity contribution in [1.29, 1.82) is 0 Å². The number of nitrogens with one attached hydrogen (secondary N) is 1. The average Bonchev–Trinajstić information content (AvgIpc) is 2.77. The molecular weight excluding hydrogens is 290 g/mol. The molecule has 0 bridgehead atoms. The van der Waals surface area contributed by atoms with Crippen LogP contribution in [0.4, 0.5) is 5.69 Å². The molecule has 0 radical (unpaired) electrons. The van der Waals surface area contributed by atoms with E-state index in [1.165, 1.54) is 11.6 Å². The monoisotopic (exact) mass is 307 g/mol. The number of hydrogen-bond acceptors (Lipinski definition) is 2. The van der Waals surface area contributed by atoms with Crippen molar-refractivity contribution in [2.24, 2.45) is 0 Å². The highest BCUT2D eigenvalue weighted by molar-refractivity contribution is 6.35. The van der Waals surface area contributed by atoms with E-state index in [0.29, 0.717) is 16.8 Å². The van der Waals surface area contributed by atoms with Crippen LogP contribution in [0.2, 0.25) is 0 Å². The van der Waals surface area contributed by atoms with Crippen LogP contribution in [0.1, 0.15) is 38.2 Å². The van der Waals surface area contributed by atoms with Crippen molar-refractivity contribution in [1.82, 2.24) is 0 Å². The number of anilines is 1. The lowest BCUT2D eigenvalue weighted by molar-refractivity contribution is -0.110. The van der Waals surface area contributed by atoms with E-state index in [-0.39, 0.29) is 11.5 Å². The second kappa shape index (κ2) is 5.39. The maximum Gasteiger partial charge on any atom is 0.335 e. The van der Waals surface area contributed by atoms with Gasteiger partial charge in [0, 0.05) is 16.8 Å². The van der Waals surface area contributed by atoms with E-state index < -0.39 is 5.97 Å². The Balaban J connectivity index is 2.17. The molecule has 2 aromatic carbocycles. The first-order chi connectivity index (χ1) is 10.9. The van der Waals surface area contributed by atoms with Gasteiger partial charge in [-0.25, -0.2) is 4.79 Å². The maximum absolute atomic E-state index is 12.3. The molecule has 0 unspecified atom stereocenters. The van der Waals surface area contributed by atoms with Crippen LogP contribution in [0.3, 0.4) is 0 Å². The van der Waals surface area contributed by atoms with Crippen LogP contribution in [0, 0.1) is 20.8 Å². The fourth-order valence-corrected chi connectivity index (χ4v) is 3.03. The highest BCUT2D eigenvalue weighted by atomic mass is 16.4. The van der Waals surface area contributed by atoms with Crippen LogP contribution in [0.15, 0.2) is 30.3 Å². The lowest BCUT2D eigenvalue weighted by atomic mass is 9.95. The normalized spacial score (nSPS) is 14.7. The number of amides is 1. The van der Waals surface area contributed by atoms with Crippen LogP contribution in [-0.2, 0) is 4.79 Å². The van der Waals surface area contributed by atoms with E-state index in [4.69, 9.17) is 5.11 Å². The summed E-state index contributed by atoms with van der Waals surface area (Å²) in [5, 5.41) is 11.9. The predicted octanol–water partition coefficient (Wildman–Crippen LogP) is 3.80. The van der Waals surface area contributed by atoms with Crippen LogP contribution < -0.4 is 5.32 Å². The molecular formula is C19H17NO3. The molecule has 2 aromatic rings. The molecule has 1 aliphatic heterocycles. The molecule has 0 atom stereocenters. The molecule has 23 heavy (non-hydrogen) atoms. The first-order valence-electron chi connectivity index (χ1n) is 7.35. The third kappa shape index (κ3) is 2.63. The number of carbonyl (C=O) groups is 2. The molecule has 0 spiro atoms. The molecule has 0 fully saturated rings. The van der Waals surface area contributed by atoms with Crippen LogP contribution >= 0.6 is 0 Å². The van der Waals surface area contributed by atoms with Crippen molar-refractivity contribution in [2.45, 2.75) is 20.8 Å². The molecule has 0 saturated heterocycles. The molecule has 2 N–H and O–H groups in total. The van der Waals surface area contributed by atoms with Gasteiger partial charge in [0.15, 0.2) is 0 Å². The number of fused-ring (bicyclic) bond motifs is 1. The minimum atomic E-state index is -1.01. The smallest absolute Gasteiger partial charge is 0.335 e. The number of carboxylic acids is 1. The topological polar surface area (TPSA) is 66.4 Å². The van der Waals surface area contributed by atoms with Crippen molar-refractivity contribution >= 4 is 29.2 Å². The Kier molecular flexibility index (Phi) is 3.52. The van der Waals surface area contributed by atoms with Crippen LogP contribution in [0.25, 0.3) is 11.6 Å². The summed E-state index contributed by atoms with van der Waals surface area (Å²) in [4.78, 5) is 23.4. The Labute approximate surface area is 134 Å². The number of carboxylic acid groups (broad SMARTS) is 1. The number of benzene rings is 2. The summed E-state index contributed by atoms with van der Waals surface area (Å²) in [5.41, 5.74) is 6.29. The summed E-state index contributed by atoms with van der Waals surface area (Å²) in [6.45, 7) is 6.05. The van der Waals surface area contributed by atoms with E-state index >= 15 is 0 Å². The Morgan fingerprint density at radius 2 is 1.74 bits per heavy atom. The SMILES string of the molecule is Cc1cc(C)c(/C=C2/C(=O)Nc3ccc(C(=O)O)cc32)c(C)c1. The van der Waals surface area contributed by atoms with E-state index in [1.54, 1.807) is 12.1 Å². The third-order valence-electron chi connectivity index (χ3n) is 4.08. The average molecular weight is 307 g/mol. The molecule has 1 aliphatic rings. The van der Waals surface area contributed by atoms with Gasteiger partial charge in [-0.1, -0.05) is 17.7 Å². The molecule has 0 saturated carbocycles. The van der Waals surface area contributed by atoms with E-state index in [9.17, 15) is 9.59 Å². The minimum Gasteiger partial charge on any atom is -0.478 e. The number of rotatable bonds is 2. The minimum absolute atomic E-state index is 0.170. The number of aromatic carboxylic acids is 1. The zero-order chi connectivity index (χ0) is 16.7. The summed E-state index contributed by atoms with van der Waals surface area (Å²) >= 11 is 0. The highest BCUT2D eigenvalue weighted by Crippen LogP contribution is 2.35. The van der Waals surface area contributed by atoms with Gasteiger partial charge in [0.25, 0.3) is 5.91 Å².